The van der Waals surface area contributed by atoms with Crippen molar-refractivity contribution in [3.63, 3.8) is 0 Å². The minimum atomic E-state index is -0.257. The van der Waals surface area contributed by atoms with Crippen LogP contribution in [0.2, 0.25) is 0 Å². The first-order valence-corrected chi connectivity index (χ1v) is 12.1. The molecule has 2 aliphatic heterocycles. The lowest BCUT2D eigenvalue weighted by Crippen LogP contribution is -2.47. The third-order valence-corrected chi connectivity index (χ3v) is 6.49. The summed E-state index contributed by atoms with van der Waals surface area (Å²) in [7, 11) is 0. The van der Waals surface area contributed by atoms with Gasteiger partial charge in [-0.05, 0) is 23.6 Å². The van der Waals surface area contributed by atoms with Crippen molar-refractivity contribution in [2.75, 3.05) is 49.1 Å². The van der Waals surface area contributed by atoms with Crippen molar-refractivity contribution in [1.29, 1.82) is 0 Å². The van der Waals surface area contributed by atoms with Crippen LogP contribution >= 0.6 is 0 Å². The van der Waals surface area contributed by atoms with E-state index < -0.39 is 0 Å². The molecule has 1 amide bonds. The number of carbonyl (C=O) groups is 1. The van der Waals surface area contributed by atoms with E-state index in [1.807, 2.05) is 54.6 Å². The van der Waals surface area contributed by atoms with Gasteiger partial charge in [-0.2, -0.15) is 0 Å². The normalized spacial score (nSPS) is 17.2. The highest BCUT2D eigenvalue weighted by Crippen LogP contribution is 2.31. The van der Waals surface area contributed by atoms with Crippen LogP contribution in [0.1, 0.15) is 10.4 Å². The van der Waals surface area contributed by atoms with Crippen LogP contribution in [0.3, 0.4) is 0 Å². The number of anilines is 2. The highest BCUT2D eigenvalue weighted by molar-refractivity contribution is 6.09. The Labute approximate surface area is 208 Å². The first-order valence-electron chi connectivity index (χ1n) is 12.1. The fraction of sp³-hybridized carbons (Fsp3) is 0.259. The predicted molar refractivity (Wildman–Crippen MR) is 137 cm³/mol. The maximum atomic E-state index is 13.2. The molecule has 4 aromatic rings. The molecule has 0 spiro atoms. The van der Waals surface area contributed by atoms with Crippen molar-refractivity contribution in [2.24, 2.45) is 0 Å². The number of para-hydroxylation sites is 2. The Bertz CT molecular complexity index is 1370. The Balaban J connectivity index is 1.15. The van der Waals surface area contributed by atoms with Crippen LogP contribution in [0.5, 0.6) is 11.5 Å². The van der Waals surface area contributed by atoms with Gasteiger partial charge < -0.3 is 24.6 Å². The fourth-order valence-corrected chi connectivity index (χ4v) is 4.65. The number of nitrogens with zero attached hydrogens (tertiary/aromatic N) is 5. The molecule has 1 fully saturated rings. The zero-order valence-corrected chi connectivity index (χ0v) is 19.7. The molecule has 0 aliphatic carbocycles. The molecule has 36 heavy (non-hydrogen) atoms. The number of hydrogen-bond acceptors (Lipinski definition) is 8. The summed E-state index contributed by atoms with van der Waals surface area (Å²) in [5, 5.41) is 4.83. The molecule has 9 nitrogen and oxygen atoms in total. The maximum absolute atomic E-state index is 13.2. The number of pyridine rings is 1. The van der Waals surface area contributed by atoms with Crippen LogP contribution in [-0.2, 0) is 0 Å². The van der Waals surface area contributed by atoms with Crippen LogP contribution in [0, 0.1) is 0 Å². The van der Waals surface area contributed by atoms with Gasteiger partial charge >= 0.3 is 0 Å². The number of fused-ring (bicyclic) bond motifs is 2. The second kappa shape index (κ2) is 9.69. The number of nitrogens with one attached hydrogen (secondary N) is 1. The van der Waals surface area contributed by atoms with E-state index >= 15 is 0 Å². The van der Waals surface area contributed by atoms with Crippen molar-refractivity contribution in [3.05, 3.63) is 78.8 Å². The first-order chi connectivity index (χ1) is 17.8. The number of hydrogen-bond donors (Lipinski definition) is 1. The van der Waals surface area contributed by atoms with Crippen LogP contribution in [0.15, 0.2) is 73.2 Å². The van der Waals surface area contributed by atoms with Gasteiger partial charge in [-0.1, -0.05) is 36.4 Å². The largest absolute Gasteiger partial charge is 0.486 e. The fourth-order valence-electron chi connectivity index (χ4n) is 4.65. The number of ether oxygens (including phenoxy) is 2. The molecular formula is C27H26N6O3. The van der Waals surface area contributed by atoms with Gasteiger partial charge in [0.05, 0.1) is 12.1 Å². The van der Waals surface area contributed by atoms with Gasteiger partial charge in [0.1, 0.15) is 18.5 Å². The van der Waals surface area contributed by atoms with E-state index in [0.717, 1.165) is 54.5 Å². The molecule has 2 aliphatic rings. The Morgan fingerprint density at radius 2 is 1.56 bits per heavy atom. The van der Waals surface area contributed by atoms with Crippen LogP contribution in [0.25, 0.3) is 10.8 Å². The maximum Gasteiger partial charge on any atom is 0.253 e. The topological polar surface area (TPSA) is 92.7 Å². The molecule has 1 atom stereocenters. The summed E-state index contributed by atoms with van der Waals surface area (Å²) in [5.41, 5.74) is 0.544. The third-order valence-electron chi connectivity index (χ3n) is 6.49. The first kappa shape index (κ1) is 22.1. The van der Waals surface area contributed by atoms with Crippen molar-refractivity contribution >= 4 is 28.4 Å². The van der Waals surface area contributed by atoms with Crippen molar-refractivity contribution in [2.45, 2.75) is 6.10 Å². The summed E-state index contributed by atoms with van der Waals surface area (Å²) in [4.78, 5) is 31.0. The number of amides is 1. The van der Waals surface area contributed by atoms with Gasteiger partial charge in [0.15, 0.2) is 11.5 Å². The van der Waals surface area contributed by atoms with Gasteiger partial charge in [-0.3, -0.25) is 4.79 Å². The summed E-state index contributed by atoms with van der Waals surface area (Å²) in [6, 6.07) is 17.3. The molecule has 9 heteroatoms. The van der Waals surface area contributed by atoms with Gasteiger partial charge in [0.2, 0.25) is 5.95 Å². The lowest BCUT2D eigenvalue weighted by atomic mass is 10.1. The van der Waals surface area contributed by atoms with E-state index in [-0.39, 0.29) is 12.0 Å². The minimum Gasteiger partial charge on any atom is -0.486 e. The number of rotatable bonds is 5. The molecule has 2 aromatic heterocycles. The third kappa shape index (κ3) is 4.35. The van der Waals surface area contributed by atoms with Gasteiger partial charge in [-0.25, -0.2) is 15.0 Å². The summed E-state index contributed by atoms with van der Waals surface area (Å²) in [6.45, 7) is 3.91. The van der Waals surface area contributed by atoms with Crippen LogP contribution in [0.4, 0.5) is 11.8 Å². The lowest BCUT2D eigenvalue weighted by molar-refractivity contribution is 0.0790. The van der Waals surface area contributed by atoms with E-state index in [2.05, 4.69) is 25.1 Å². The number of carbonyl (C=O) groups excluding carboxylic acids is 1. The van der Waals surface area contributed by atoms with Crippen LogP contribution < -0.4 is 24.6 Å². The highest BCUT2D eigenvalue weighted by atomic mass is 16.6. The molecule has 0 saturated carbocycles. The number of aromatic nitrogens is 3. The molecule has 2 aromatic carbocycles. The number of piperazine rings is 1. The summed E-state index contributed by atoms with van der Waals surface area (Å²) in [5.74, 6) is 2.87. The monoisotopic (exact) mass is 482 g/mol. The molecule has 4 heterocycles. The lowest BCUT2D eigenvalue weighted by Gasteiger charge is -2.35. The molecule has 6 rings (SSSR count). The zero-order valence-electron chi connectivity index (χ0n) is 19.7. The standard InChI is InChI=1S/C27H26N6O3/c34-26(31-16-19-18-35-23-8-3-4-9-24(23)36-19)22-17-30-25(21-7-2-1-6-20(21)22)32-12-14-33(15-13-32)27-28-10-5-11-29-27/h1-11,17,19H,12-16,18H2,(H,31,34). The van der Waals surface area contributed by atoms with E-state index in [1.165, 1.54) is 0 Å². The average molecular weight is 483 g/mol. The highest BCUT2D eigenvalue weighted by Gasteiger charge is 2.24. The molecular weight excluding hydrogens is 456 g/mol. The second-order valence-electron chi connectivity index (χ2n) is 8.77. The Morgan fingerprint density at radius 3 is 2.36 bits per heavy atom. The SMILES string of the molecule is O=C(NCC1COc2ccccc2O1)c1cnc(N2CCN(c3ncccn3)CC2)c2ccccc12. The molecule has 1 saturated heterocycles. The predicted octanol–water partition coefficient (Wildman–Crippen LogP) is 2.92. The van der Waals surface area contributed by atoms with Crippen LogP contribution in [-0.4, -0.2) is 66.3 Å². The van der Waals surface area contributed by atoms with Gasteiger partial charge in [0.25, 0.3) is 5.91 Å². The molecule has 0 bridgehead atoms. The Hall–Kier alpha value is -4.40. The summed E-state index contributed by atoms with van der Waals surface area (Å²) < 4.78 is 11.7. The second-order valence-corrected chi connectivity index (χ2v) is 8.77. The molecule has 1 N–H and O–H groups in total. The van der Waals surface area contributed by atoms with Crippen molar-refractivity contribution < 1.29 is 14.3 Å². The van der Waals surface area contributed by atoms with Gasteiger partial charge in [-0.15, -0.1) is 0 Å². The molecule has 1 unspecified atom stereocenters. The van der Waals surface area contributed by atoms with E-state index in [0.29, 0.717) is 24.5 Å². The van der Waals surface area contributed by atoms with Crippen molar-refractivity contribution in [1.82, 2.24) is 20.3 Å². The summed E-state index contributed by atoms with van der Waals surface area (Å²) in [6.07, 6.45) is 4.94. The Morgan fingerprint density at radius 1 is 0.861 bits per heavy atom. The van der Waals surface area contributed by atoms with E-state index in [9.17, 15) is 4.79 Å². The van der Waals surface area contributed by atoms with Crippen molar-refractivity contribution in [3.8, 4) is 11.5 Å². The quantitative estimate of drug-likeness (QED) is 0.464. The van der Waals surface area contributed by atoms with E-state index in [4.69, 9.17) is 14.5 Å². The molecule has 182 valence electrons. The minimum absolute atomic E-state index is 0.182. The zero-order chi connectivity index (χ0) is 24.3. The summed E-state index contributed by atoms with van der Waals surface area (Å²) >= 11 is 0. The van der Waals surface area contributed by atoms with E-state index in [1.54, 1.807) is 18.6 Å². The van der Waals surface area contributed by atoms with Gasteiger partial charge in [0, 0.05) is 50.2 Å². The molecule has 0 radical (unpaired) electrons. The average Bonchev–Trinajstić information content (AvgIpc) is 2.96. The number of benzene rings is 2. The smallest absolute Gasteiger partial charge is 0.253 e. The Kier molecular flexibility index (Phi) is 5.95.